The van der Waals surface area contributed by atoms with Crippen LogP contribution in [0, 0.1) is 18.4 Å². The Morgan fingerprint density at radius 2 is 1.86 bits per heavy atom. The summed E-state index contributed by atoms with van der Waals surface area (Å²) in [6, 6.07) is 0. The second-order valence-electron chi connectivity index (χ2n) is 9.40. The number of fused-ring (bicyclic) bond motifs is 1. The van der Waals surface area contributed by atoms with Crippen molar-refractivity contribution in [3.8, 4) is 12.3 Å². The third-order valence-electron chi connectivity index (χ3n) is 6.60. The monoisotopic (exact) mass is 487 g/mol. The maximum atomic E-state index is 13.7. The first-order valence-electron chi connectivity index (χ1n) is 12.9. The number of terminal acetylenes is 1. The number of carbonyl (C=O) groups is 1. The van der Waals surface area contributed by atoms with Gasteiger partial charge in [-0.15, -0.1) is 6.42 Å². The molecule has 0 bridgehead atoms. The highest BCUT2D eigenvalue weighted by atomic mass is 19.1. The van der Waals surface area contributed by atoms with Gasteiger partial charge in [-0.1, -0.05) is 77.1 Å². The molecule has 1 saturated heterocycles. The molecule has 192 valence electrons. The van der Waals surface area contributed by atoms with Gasteiger partial charge in [0.1, 0.15) is 12.8 Å². The van der Waals surface area contributed by atoms with Crippen LogP contribution in [0.3, 0.4) is 0 Å². The van der Waals surface area contributed by atoms with E-state index < -0.39 is 17.9 Å². The van der Waals surface area contributed by atoms with Crippen molar-refractivity contribution in [2.75, 3.05) is 12.3 Å². The van der Waals surface area contributed by atoms with E-state index in [1.807, 2.05) is 0 Å². The van der Waals surface area contributed by atoms with Crippen LogP contribution in [-0.4, -0.2) is 37.7 Å². The van der Waals surface area contributed by atoms with Crippen molar-refractivity contribution < 1.29 is 18.7 Å². The second kappa shape index (κ2) is 13.4. The number of esters is 1. The molecule has 1 fully saturated rings. The minimum atomic E-state index is -1.04. The van der Waals surface area contributed by atoms with Crippen LogP contribution in [0.5, 0.6) is 0 Å². The topological polar surface area (TPSA) is 105 Å². The normalized spacial score (nSPS) is 19.7. The fraction of sp³-hybridized carbons (Fsp3) is 0.692. The molecule has 0 radical (unpaired) electrons. The van der Waals surface area contributed by atoms with Crippen LogP contribution in [0.4, 0.5) is 10.2 Å². The number of carbonyl (C=O) groups excluding carboxylic acids is 1. The maximum Gasteiger partial charge on any atom is 0.312 e. The van der Waals surface area contributed by atoms with E-state index in [9.17, 15) is 9.18 Å². The van der Waals surface area contributed by atoms with Gasteiger partial charge in [-0.25, -0.2) is 4.98 Å². The van der Waals surface area contributed by atoms with Gasteiger partial charge in [0.2, 0.25) is 0 Å². The zero-order valence-electron chi connectivity index (χ0n) is 20.8. The van der Waals surface area contributed by atoms with Gasteiger partial charge in [0.25, 0.3) is 0 Å². The summed E-state index contributed by atoms with van der Waals surface area (Å²) in [6.07, 6.45) is 20.7. The van der Waals surface area contributed by atoms with E-state index in [1.54, 1.807) is 4.57 Å². The van der Waals surface area contributed by atoms with Gasteiger partial charge in [-0.3, -0.25) is 9.36 Å². The maximum absolute atomic E-state index is 13.7. The highest BCUT2D eigenvalue weighted by Gasteiger charge is 2.41. The largest absolute Gasteiger partial charge is 0.462 e. The van der Waals surface area contributed by atoms with Crippen LogP contribution in [-0.2, 0) is 14.3 Å². The van der Waals surface area contributed by atoms with E-state index in [-0.39, 0.29) is 24.0 Å². The smallest absolute Gasteiger partial charge is 0.312 e. The lowest BCUT2D eigenvalue weighted by Crippen LogP contribution is -2.34. The molecule has 0 aromatic carbocycles. The summed E-state index contributed by atoms with van der Waals surface area (Å²) in [6.45, 7) is 2.22. The first-order valence-corrected chi connectivity index (χ1v) is 12.9. The van der Waals surface area contributed by atoms with Gasteiger partial charge >= 0.3 is 12.0 Å². The molecule has 0 spiro atoms. The fourth-order valence-corrected chi connectivity index (χ4v) is 4.51. The van der Waals surface area contributed by atoms with Crippen molar-refractivity contribution >= 4 is 23.0 Å². The van der Waals surface area contributed by atoms with Crippen molar-refractivity contribution in [3.05, 3.63) is 12.4 Å². The Labute approximate surface area is 207 Å². The van der Waals surface area contributed by atoms with E-state index >= 15 is 0 Å². The number of unbranched alkanes of at least 4 members (excludes halogenated alkanes) is 10. The molecule has 1 aliphatic rings. The molecule has 3 heterocycles. The molecule has 2 aromatic heterocycles. The number of nitrogens with zero attached hydrogens (tertiary/aromatic N) is 4. The Balaban J connectivity index is 1.35. The molecule has 2 atom stereocenters. The fourth-order valence-electron chi connectivity index (χ4n) is 4.51. The van der Waals surface area contributed by atoms with E-state index in [4.69, 9.17) is 21.6 Å². The Hall–Kier alpha value is -2.73. The van der Waals surface area contributed by atoms with E-state index in [2.05, 4.69) is 27.8 Å². The van der Waals surface area contributed by atoms with E-state index in [0.717, 1.165) is 19.3 Å². The lowest BCUT2D eigenvalue weighted by Gasteiger charge is -2.23. The van der Waals surface area contributed by atoms with Gasteiger partial charge < -0.3 is 15.2 Å². The number of hydrogen-bond donors (Lipinski definition) is 1. The predicted octanol–water partition coefficient (Wildman–Crippen LogP) is 5.47. The summed E-state index contributed by atoms with van der Waals surface area (Å²) in [4.78, 5) is 23.7. The standard InChI is InChI=1S/C26H38FN5O3/c1-3-5-6-7-8-9-10-11-12-13-14-15-21(33)34-18-26(4-2)17-16-20(35-26)32-19-29-22-23(28)30-25(27)31-24(22)32/h2,19-20H,3,5-18H2,1H3,(H2,28,30,31). The molecule has 2 aromatic rings. The summed E-state index contributed by atoms with van der Waals surface area (Å²) in [5.41, 5.74) is 5.23. The van der Waals surface area contributed by atoms with Crippen molar-refractivity contribution in [2.45, 2.75) is 109 Å². The van der Waals surface area contributed by atoms with Crippen LogP contribution >= 0.6 is 0 Å². The molecule has 0 amide bonds. The number of nitrogen functional groups attached to an aromatic ring is 1. The van der Waals surface area contributed by atoms with Gasteiger partial charge in [0, 0.05) is 6.42 Å². The quantitative estimate of drug-likeness (QED) is 0.154. The Bertz CT molecular complexity index is 1000. The molecule has 35 heavy (non-hydrogen) atoms. The van der Waals surface area contributed by atoms with E-state index in [0.29, 0.717) is 24.8 Å². The van der Waals surface area contributed by atoms with Gasteiger partial charge in [0.15, 0.2) is 22.6 Å². The van der Waals surface area contributed by atoms with Crippen LogP contribution in [0.1, 0.15) is 103 Å². The molecule has 2 N–H and O–H groups in total. The molecule has 1 aliphatic heterocycles. The number of anilines is 1. The number of imidazole rings is 1. The zero-order valence-corrected chi connectivity index (χ0v) is 20.8. The number of hydrogen-bond acceptors (Lipinski definition) is 7. The Morgan fingerprint density at radius 3 is 2.51 bits per heavy atom. The van der Waals surface area contributed by atoms with Crippen molar-refractivity contribution in [3.63, 3.8) is 0 Å². The van der Waals surface area contributed by atoms with Gasteiger partial charge in [-0.2, -0.15) is 14.4 Å². The third-order valence-corrected chi connectivity index (χ3v) is 6.60. The molecule has 8 nitrogen and oxygen atoms in total. The first kappa shape index (κ1) is 26.9. The second-order valence-corrected chi connectivity index (χ2v) is 9.40. The van der Waals surface area contributed by atoms with Crippen molar-refractivity contribution in [1.29, 1.82) is 0 Å². The molecule has 3 rings (SSSR count). The number of ether oxygens (including phenoxy) is 2. The van der Waals surface area contributed by atoms with E-state index in [1.165, 1.54) is 57.7 Å². The van der Waals surface area contributed by atoms with Crippen LogP contribution in [0.25, 0.3) is 11.2 Å². The van der Waals surface area contributed by atoms with Crippen LogP contribution in [0.2, 0.25) is 0 Å². The minimum Gasteiger partial charge on any atom is -0.462 e. The summed E-state index contributed by atoms with van der Waals surface area (Å²) in [7, 11) is 0. The summed E-state index contributed by atoms with van der Waals surface area (Å²) < 4.78 is 26.8. The molecular formula is C26H38FN5O3. The number of nitrogens with two attached hydrogens (primary N) is 1. The lowest BCUT2D eigenvalue weighted by atomic mass is 10.0. The molecule has 0 aliphatic carbocycles. The number of rotatable bonds is 15. The predicted molar refractivity (Wildman–Crippen MR) is 133 cm³/mol. The average Bonchev–Trinajstić information content (AvgIpc) is 3.46. The summed E-state index contributed by atoms with van der Waals surface area (Å²) in [5.74, 6) is 2.34. The number of aromatic nitrogens is 4. The SMILES string of the molecule is C#CC1(COC(=O)CCCCCCCCCCCCC)CCC(n2cnc3c(N)nc(F)nc32)O1. The summed E-state index contributed by atoms with van der Waals surface area (Å²) >= 11 is 0. The molecule has 0 saturated carbocycles. The molecule has 2 unspecified atom stereocenters. The molecular weight excluding hydrogens is 449 g/mol. The average molecular weight is 488 g/mol. The van der Waals surface area contributed by atoms with Crippen molar-refractivity contribution in [1.82, 2.24) is 19.5 Å². The van der Waals surface area contributed by atoms with Crippen LogP contribution < -0.4 is 5.73 Å². The minimum absolute atomic E-state index is 0.0189. The van der Waals surface area contributed by atoms with Crippen LogP contribution in [0.15, 0.2) is 6.33 Å². The third kappa shape index (κ3) is 7.63. The molecule has 9 heteroatoms. The Kier molecular flexibility index (Phi) is 10.3. The number of halogens is 1. The first-order chi connectivity index (χ1) is 17.0. The van der Waals surface area contributed by atoms with Gasteiger partial charge in [-0.05, 0) is 19.3 Å². The highest BCUT2D eigenvalue weighted by Crippen LogP contribution is 2.38. The lowest BCUT2D eigenvalue weighted by molar-refractivity contribution is -0.152. The summed E-state index contributed by atoms with van der Waals surface area (Å²) in [5, 5.41) is 0. The Morgan fingerprint density at radius 1 is 1.20 bits per heavy atom. The van der Waals surface area contributed by atoms with Crippen molar-refractivity contribution in [2.24, 2.45) is 0 Å². The highest BCUT2D eigenvalue weighted by molar-refractivity contribution is 5.81. The zero-order chi connectivity index (χ0) is 25.1. The van der Waals surface area contributed by atoms with Gasteiger partial charge in [0.05, 0.1) is 6.33 Å².